The summed E-state index contributed by atoms with van der Waals surface area (Å²) in [5, 5.41) is 10.9. The van der Waals surface area contributed by atoms with Crippen molar-refractivity contribution in [1.29, 1.82) is 0 Å². The standard InChI is InChI=1S/C18H18N4O2S/c1-12(2)16(20-15(23)4-3-13-7-10-25-11-13)18-21-17(22-24-18)14-5-8-19-9-6-14/h3-12,16H,1-2H3,(H,20,23)/b4-3+. The minimum atomic E-state index is -0.359. The van der Waals surface area contributed by atoms with Crippen LogP contribution in [0.4, 0.5) is 0 Å². The fraction of sp³-hybridized carbons (Fsp3) is 0.222. The van der Waals surface area contributed by atoms with Gasteiger partial charge in [0.15, 0.2) is 0 Å². The molecule has 0 spiro atoms. The Morgan fingerprint density at radius 1 is 1.28 bits per heavy atom. The zero-order valence-corrected chi connectivity index (χ0v) is 14.7. The van der Waals surface area contributed by atoms with E-state index < -0.39 is 0 Å². The van der Waals surface area contributed by atoms with Gasteiger partial charge in [-0.3, -0.25) is 9.78 Å². The molecule has 1 atom stereocenters. The summed E-state index contributed by atoms with van der Waals surface area (Å²) in [6, 6.07) is 5.21. The van der Waals surface area contributed by atoms with E-state index in [0.29, 0.717) is 11.7 Å². The first-order valence-corrected chi connectivity index (χ1v) is 8.82. The Balaban J connectivity index is 1.73. The highest BCUT2D eigenvalue weighted by molar-refractivity contribution is 7.08. The molecule has 3 aromatic heterocycles. The maximum Gasteiger partial charge on any atom is 0.249 e. The second-order valence-corrected chi connectivity index (χ2v) is 6.59. The summed E-state index contributed by atoms with van der Waals surface area (Å²) >= 11 is 1.59. The molecule has 3 heterocycles. The minimum Gasteiger partial charge on any atom is -0.340 e. The zero-order valence-electron chi connectivity index (χ0n) is 13.9. The second kappa shape index (κ2) is 7.85. The number of rotatable bonds is 6. The van der Waals surface area contributed by atoms with Crippen LogP contribution >= 0.6 is 11.3 Å². The van der Waals surface area contributed by atoms with Gasteiger partial charge in [0.25, 0.3) is 0 Å². The van der Waals surface area contributed by atoms with Crippen LogP contribution in [0.1, 0.15) is 31.3 Å². The largest absolute Gasteiger partial charge is 0.340 e. The van der Waals surface area contributed by atoms with Crippen molar-refractivity contribution < 1.29 is 9.32 Å². The number of carbonyl (C=O) groups excluding carboxylic acids is 1. The molecular formula is C18H18N4O2S. The highest BCUT2D eigenvalue weighted by Gasteiger charge is 2.24. The summed E-state index contributed by atoms with van der Waals surface area (Å²) in [5.74, 6) is 0.767. The first-order valence-electron chi connectivity index (χ1n) is 7.88. The topological polar surface area (TPSA) is 80.9 Å². The fourth-order valence-electron chi connectivity index (χ4n) is 2.24. The molecule has 0 saturated heterocycles. The monoisotopic (exact) mass is 354 g/mol. The van der Waals surface area contributed by atoms with E-state index in [-0.39, 0.29) is 17.9 Å². The van der Waals surface area contributed by atoms with E-state index in [1.807, 2.05) is 30.7 Å². The molecule has 0 radical (unpaired) electrons. The molecule has 3 aromatic rings. The van der Waals surface area contributed by atoms with E-state index >= 15 is 0 Å². The quantitative estimate of drug-likeness (QED) is 0.682. The van der Waals surface area contributed by atoms with Crippen molar-refractivity contribution in [3.8, 4) is 11.4 Å². The van der Waals surface area contributed by atoms with Crippen LogP contribution in [0.15, 0.2) is 52.0 Å². The van der Waals surface area contributed by atoms with E-state index in [1.165, 1.54) is 6.08 Å². The van der Waals surface area contributed by atoms with Gasteiger partial charge in [0.2, 0.25) is 17.6 Å². The normalized spacial score (nSPS) is 12.6. The van der Waals surface area contributed by atoms with Crippen molar-refractivity contribution in [2.75, 3.05) is 0 Å². The molecule has 0 aromatic carbocycles. The van der Waals surface area contributed by atoms with Gasteiger partial charge in [-0.1, -0.05) is 19.0 Å². The van der Waals surface area contributed by atoms with Crippen molar-refractivity contribution in [1.82, 2.24) is 20.4 Å². The third-order valence-electron chi connectivity index (χ3n) is 3.58. The lowest BCUT2D eigenvalue weighted by atomic mass is 10.0. The van der Waals surface area contributed by atoms with Gasteiger partial charge in [0, 0.05) is 24.0 Å². The van der Waals surface area contributed by atoms with E-state index in [0.717, 1.165) is 11.1 Å². The number of hydrogen-bond acceptors (Lipinski definition) is 6. The van der Waals surface area contributed by atoms with Crippen LogP contribution in [-0.4, -0.2) is 21.0 Å². The summed E-state index contributed by atoms with van der Waals surface area (Å²) < 4.78 is 5.38. The van der Waals surface area contributed by atoms with Gasteiger partial charge in [0.05, 0.1) is 0 Å². The molecule has 0 fully saturated rings. The van der Waals surface area contributed by atoms with E-state index in [2.05, 4.69) is 20.4 Å². The van der Waals surface area contributed by atoms with E-state index in [9.17, 15) is 4.79 Å². The van der Waals surface area contributed by atoms with Crippen LogP contribution < -0.4 is 5.32 Å². The number of hydrogen-bond donors (Lipinski definition) is 1. The number of aromatic nitrogens is 3. The number of nitrogens with one attached hydrogen (secondary N) is 1. The molecule has 3 rings (SSSR count). The molecule has 1 unspecified atom stereocenters. The Bertz CT molecular complexity index is 841. The van der Waals surface area contributed by atoms with Crippen molar-refractivity contribution in [3.63, 3.8) is 0 Å². The van der Waals surface area contributed by atoms with Gasteiger partial charge >= 0.3 is 0 Å². The molecule has 0 bridgehead atoms. The van der Waals surface area contributed by atoms with Crippen LogP contribution in [-0.2, 0) is 4.79 Å². The van der Waals surface area contributed by atoms with Crippen LogP contribution in [0.5, 0.6) is 0 Å². The SMILES string of the molecule is CC(C)C(NC(=O)/C=C/c1ccsc1)c1nc(-c2ccncc2)no1. The third kappa shape index (κ3) is 4.39. The maximum absolute atomic E-state index is 12.2. The van der Waals surface area contributed by atoms with Gasteiger partial charge in [0.1, 0.15) is 6.04 Å². The Kier molecular flexibility index (Phi) is 5.35. The van der Waals surface area contributed by atoms with E-state index in [4.69, 9.17) is 4.52 Å². The lowest BCUT2D eigenvalue weighted by Crippen LogP contribution is -2.30. The van der Waals surface area contributed by atoms with Crippen molar-refractivity contribution in [3.05, 3.63) is 58.9 Å². The number of thiophene rings is 1. The third-order valence-corrected chi connectivity index (χ3v) is 4.28. The summed E-state index contributed by atoms with van der Waals surface area (Å²) in [4.78, 5) is 20.6. The lowest BCUT2D eigenvalue weighted by Gasteiger charge is -2.17. The molecule has 0 aliphatic rings. The van der Waals surface area contributed by atoms with Crippen LogP contribution in [0.25, 0.3) is 17.5 Å². The molecule has 0 saturated carbocycles. The van der Waals surface area contributed by atoms with Gasteiger partial charge < -0.3 is 9.84 Å². The molecule has 25 heavy (non-hydrogen) atoms. The van der Waals surface area contributed by atoms with Gasteiger partial charge in [-0.05, 0) is 46.5 Å². The second-order valence-electron chi connectivity index (χ2n) is 5.81. The minimum absolute atomic E-state index is 0.101. The molecule has 1 amide bonds. The number of pyridine rings is 1. The van der Waals surface area contributed by atoms with Crippen molar-refractivity contribution in [2.45, 2.75) is 19.9 Å². The highest BCUT2D eigenvalue weighted by atomic mass is 32.1. The summed E-state index contributed by atoms with van der Waals surface area (Å²) in [7, 11) is 0. The highest BCUT2D eigenvalue weighted by Crippen LogP contribution is 2.23. The Morgan fingerprint density at radius 3 is 2.76 bits per heavy atom. The predicted octanol–water partition coefficient (Wildman–Crippen LogP) is 3.72. The average molecular weight is 354 g/mol. The predicted molar refractivity (Wildman–Crippen MR) is 96.6 cm³/mol. The van der Waals surface area contributed by atoms with Crippen LogP contribution in [0.2, 0.25) is 0 Å². The molecule has 7 heteroatoms. The molecule has 1 N–H and O–H groups in total. The molecule has 128 valence electrons. The maximum atomic E-state index is 12.2. The molecule has 0 aliphatic heterocycles. The summed E-state index contributed by atoms with van der Waals surface area (Å²) in [6.45, 7) is 3.98. The number of nitrogens with zero attached hydrogens (tertiary/aromatic N) is 3. The molecule has 0 aliphatic carbocycles. The Hall–Kier alpha value is -2.80. The van der Waals surface area contributed by atoms with Gasteiger partial charge in [-0.25, -0.2) is 0 Å². The smallest absolute Gasteiger partial charge is 0.249 e. The average Bonchev–Trinajstić information content (AvgIpc) is 3.30. The summed E-state index contributed by atoms with van der Waals surface area (Å²) in [5.41, 5.74) is 1.81. The fourth-order valence-corrected chi connectivity index (χ4v) is 2.86. The van der Waals surface area contributed by atoms with Crippen LogP contribution in [0, 0.1) is 5.92 Å². The van der Waals surface area contributed by atoms with Crippen molar-refractivity contribution >= 4 is 23.3 Å². The first-order chi connectivity index (χ1) is 12.1. The number of carbonyl (C=O) groups is 1. The Labute approximate surface area is 149 Å². The van der Waals surface area contributed by atoms with Crippen LogP contribution in [0.3, 0.4) is 0 Å². The molecule has 6 nitrogen and oxygen atoms in total. The van der Waals surface area contributed by atoms with Gasteiger partial charge in [-0.2, -0.15) is 16.3 Å². The molecular weight excluding hydrogens is 336 g/mol. The van der Waals surface area contributed by atoms with Gasteiger partial charge in [-0.15, -0.1) is 0 Å². The summed E-state index contributed by atoms with van der Waals surface area (Å²) in [6.07, 6.45) is 6.63. The lowest BCUT2D eigenvalue weighted by molar-refractivity contribution is -0.117. The van der Waals surface area contributed by atoms with Crippen molar-refractivity contribution in [2.24, 2.45) is 5.92 Å². The van der Waals surface area contributed by atoms with E-state index in [1.54, 1.807) is 41.9 Å². The first kappa shape index (κ1) is 17.0. The Morgan fingerprint density at radius 2 is 2.08 bits per heavy atom. The number of amides is 1. The zero-order chi connectivity index (χ0) is 17.6.